The van der Waals surface area contributed by atoms with Crippen LogP contribution in [0.1, 0.15) is 36.9 Å². The molecule has 1 atom stereocenters. The molecule has 3 heteroatoms. The van der Waals surface area contributed by atoms with Gasteiger partial charge in [0.25, 0.3) is 0 Å². The van der Waals surface area contributed by atoms with E-state index in [9.17, 15) is 0 Å². The first kappa shape index (κ1) is 15.3. The average molecular weight is 409 g/mol. The summed E-state index contributed by atoms with van der Waals surface area (Å²) in [4.78, 5) is 0. The fourth-order valence-electron chi connectivity index (χ4n) is 3.19. The molecule has 1 saturated carbocycles. The van der Waals surface area contributed by atoms with E-state index < -0.39 is 0 Å². The second-order valence-electron chi connectivity index (χ2n) is 5.68. The van der Waals surface area contributed by atoms with E-state index in [0.29, 0.717) is 6.04 Å². The predicted octanol–water partition coefficient (Wildman–Crippen LogP) is 5.59. The van der Waals surface area contributed by atoms with Crippen molar-refractivity contribution < 1.29 is 0 Å². The minimum Gasteiger partial charge on any atom is -0.309 e. The van der Waals surface area contributed by atoms with Gasteiger partial charge in [-0.05, 0) is 48.7 Å². The van der Waals surface area contributed by atoms with Gasteiger partial charge in [0.15, 0.2) is 0 Å². The van der Waals surface area contributed by atoms with Crippen LogP contribution in [0.2, 0.25) is 0 Å². The highest BCUT2D eigenvalue weighted by atomic mass is 79.9. The molecule has 3 rings (SSSR count). The van der Waals surface area contributed by atoms with Gasteiger partial charge in [0, 0.05) is 20.4 Å². The molecular weight excluding hydrogens is 390 g/mol. The first-order valence-electron chi connectivity index (χ1n) is 7.41. The topological polar surface area (TPSA) is 12.0 Å². The largest absolute Gasteiger partial charge is 0.309 e. The van der Waals surface area contributed by atoms with E-state index in [0.717, 1.165) is 11.0 Å². The van der Waals surface area contributed by atoms with Gasteiger partial charge in [0.05, 0.1) is 0 Å². The molecule has 1 aliphatic carbocycles. The van der Waals surface area contributed by atoms with E-state index >= 15 is 0 Å². The number of hydrogen-bond acceptors (Lipinski definition) is 1. The van der Waals surface area contributed by atoms with E-state index in [2.05, 4.69) is 92.6 Å². The SMILES string of the molecule is CCNC(c1cc(Br)ccc1Br)C1(c2ccccc2)CC1. The summed E-state index contributed by atoms with van der Waals surface area (Å²) in [7, 11) is 0. The van der Waals surface area contributed by atoms with Crippen LogP contribution < -0.4 is 5.32 Å². The first-order chi connectivity index (χ1) is 10.2. The molecular formula is C18H19Br2N. The zero-order valence-electron chi connectivity index (χ0n) is 12.1. The number of likely N-dealkylation sites (N-methyl/N-ethyl adjacent to an activating group) is 1. The molecule has 110 valence electrons. The van der Waals surface area contributed by atoms with Gasteiger partial charge in [-0.25, -0.2) is 0 Å². The van der Waals surface area contributed by atoms with E-state index in [-0.39, 0.29) is 5.41 Å². The molecule has 0 saturated heterocycles. The summed E-state index contributed by atoms with van der Waals surface area (Å²) < 4.78 is 2.31. The molecule has 0 aliphatic heterocycles. The Morgan fingerprint density at radius 2 is 1.81 bits per heavy atom. The zero-order chi connectivity index (χ0) is 14.9. The minimum absolute atomic E-state index is 0.237. The highest BCUT2D eigenvalue weighted by Crippen LogP contribution is 2.57. The van der Waals surface area contributed by atoms with Crippen molar-refractivity contribution >= 4 is 31.9 Å². The summed E-state index contributed by atoms with van der Waals surface area (Å²) in [6.45, 7) is 3.15. The smallest absolute Gasteiger partial charge is 0.0429 e. The van der Waals surface area contributed by atoms with E-state index in [1.807, 2.05) is 0 Å². The van der Waals surface area contributed by atoms with Crippen molar-refractivity contribution in [3.8, 4) is 0 Å². The lowest BCUT2D eigenvalue weighted by molar-refractivity contribution is 0.438. The third-order valence-corrected chi connectivity index (χ3v) is 5.58. The van der Waals surface area contributed by atoms with Crippen molar-refractivity contribution in [3.05, 3.63) is 68.6 Å². The van der Waals surface area contributed by atoms with Crippen LogP contribution in [-0.2, 0) is 5.41 Å². The van der Waals surface area contributed by atoms with Crippen LogP contribution in [0.3, 0.4) is 0 Å². The molecule has 2 aromatic carbocycles. The van der Waals surface area contributed by atoms with Crippen LogP contribution in [-0.4, -0.2) is 6.54 Å². The molecule has 1 aliphatic rings. The molecule has 1 nitrogen and oxygen atoms in total. The van der Waals surface area contributed by atoms with Crippen LogP contribution in [0.5, 0.6) is 0 Å². The van der Waals surface area contributed by atoms with Crippen LogP contribution in [0.25, 0.3) is 0 Å². The second kappa shape index (κ2) is 6.23. The normalized spacial score (nSPS) is 17.5. The molecule has 21 heavy (non-hydrogen) atoms. The highest BCUT2D eigenvalue weighted by Gasteiger charge is 2.51. The summed E-state index contributed by atoms with van der Waals surface area (Å²) in [5.41, 5.74) is 3.02. The Bertz CT molecular complexity index is 620. The molecule has 0 bridgehead atoms. The summed E-state index contributed by atoms with van der Waals surface area (Å²) in [6.07, 6.45) is 2.49. The molecule has 0 amide bonds. The maximum absolute atomic E-state index is 3.73. The van der Waals surface area contributed by atoms with Crippen LogP contribution in [0.15, 0.2) is 57.5 Å². The fraction of sp³-hybridized carbons (Fsp3) is 0.333. The summed E-state index contributed by atoms with van der Waals surface area (Å²) in [5, 5.41) is 3.72. The van der Waals surface area contributed by atoms with Crippen molar-refractivity contribution in [3.63, 3.8) is 0 Å². The lowest BCUT2D eigenvalue weighted by atomic mass is 9.84. The first-order valence-corrected chi connectivity index (χ1v) is 9.00. The predicted molar refractivity (Wildman–Crippen MR) is 95.6 cm³/mol. The van der Waals surface area contributed by atoms with Gasteiger partial charge < -0.3 is 5.32 Å². The van der Waals surface area contributed by atoms with Crippen molar-refractivity contribution in [1.82, 2.24) is 5.32 Å². The Labute approximate surface area is 143 Å². The lowest BCUT2D eigenvalue weighted by Crippen LogP contribution is -2.32. The fourth-order valence-corrected chi connectivity index (χ4v) is 4.05. The number of rotatable bonds is 5. The van der Waals surface area contributed by atoms with Crippen LogP contribution in [0.4, 0.5) is 0 Å². The molecule has 0 heterocycles. The molecule has 1 unspecified atom stereocenters. The zero-order valence-corrected chi connectivity index (χ0v) is 15.2. The van der Waals surface area contributed by atoms with Gasteiger partial charge in [-0.2, -0.15) is 0 Å². The minimum atomic E-state index is 0.237. The van der Waals surface area contributed by atoms with Gasteiger partial charge in [0.2, 0.25) is 0 Å². The Balaban J connectivity index is 2.04. The summed E-state index contributed by atoms with van der Waals surface area (Å²) >= 11 is 7.34. The molecule has 2 aromatic rings. The Morgan fingerprint density at radius 1 is 1.10 bits per heavy atom. The molecule has 0 radical (unpaired) electrons. The molecule has 0 spiro atoms. The van der Waals surface area contributed by atoms with Gasteiger partial charge >= 0.3 is 0 Å². The van der Waals surface area contributed by atoms with Gasteiger partial charge in [-0.15, -0.1) is 0 Å². The van der Waals surface area contributed by atoms with Crippen LogP contribution in [0, 0.1) is 0 Å². The van der Waals surface area contributed by atoms with Gasteiger partial charge in [-0.1, -0.05) is 69.1 Å². The van der Waals surface area contributed by atoms with Crippen molar-refractivity contribution in [2.75, 3.05) is 6.54 Å². The van der Waals surface area contributed by atoms with Gasteiger partial charge in [-0.3, -0.25) is 0 Å². The second-order valence-corrected chi connectivity index (χ2v) is 7.45. The Kier molecular flexibility index (Phi) is 4.53. The van der Waals surface area contributed by atoms with E-state index in [4.69, 9.17) is 0 Å². The molecule has 1 N–H and O–H groups in total. The molecule has 0 aromatic heterocycles. The Hall–Kier alpha value is -0.640. The third kappa shape index (κ3) is 2.96. The maximum Gasteiger partial charge on any atom is 0.0429 e. The average Bonchev–Trinajstić information content (AvgIpc) is 3.30. The van der Waals surface area contributed by atoms with Gasteiger partial charge in [0.1, 0.15) is 0 Å². The van der Waals surface area contributed by atoms with E-state index in [1.54, 1.807) is 0 Å². The number of halogens is 2. The highest BCUT2D eigenvalue weighted by molar-refractivity contribution is 9.11. The van der Waals surface area contributed by atoms with Crippen molar-refractivity contribution in [2.45, 2.75) is 31.2 Å². The third-order valence-electron chi connectivity index (χ3n) is 4.37. The molecule has 1 fully saturated rings. The number of benzene rings is 2. The van der Waals surface area contributed by atoms with E-state index in [1.165, 1.54) is 28.4 Å². The standard InChI is InChI=1S/C18H19Br2N/c1-2-21-17(15-12-14(19)8-9-16(15)20)18(10-11-18)13-6-4-3-5-7-13/h3-9,12,17,21H,2,10-11H2,1H3. The maximum atomic E-state index is 3.73. The summed E-state index contributed by atoms with van der Waals surface area (Å²) in [5.74, 6) is 0. The van der Waals surface area contributed by atoms with Crippen molar-refractivity contribution in [1.29, 1.82) is 0 Å². The summed E-state index contributed by atoms with van der Waals surface area (Å²) in [6, 6.07) is 17.7. The lowest BCUT2D eigenvalue weighted by Gasteiger charge is -2.30. The monoisotopic (exact) mass is 407 g/mol. The van der Waals surface area contributed by atoms with Crippen LogP contribution >= 0.6 is 31.9 Å². The van der Waals surface area contributed by atoms with Crippen molar-refractivity contribution in [2.24, 2.45) is 0 Å². The Morgan fingerprint density at radius 3 is 2.43 bits per heavy atom. The number of nitrogens with one attached hydrogen (secondary N) is 1. The number of hydrogen-bond donors (Lipinski definition) is 1. The quantitative estimate of drug-likeness (QED) is 0.679.